The number of aromatic nitrogens is 1. The molecule has 2 heterocycles. The number of alkyl halides is 3. The van der Waals surface area contributed by atoms with Gasteiger partial charge in [0.25, 0.3) is 0 Å². The summed E-state index contributed by atoms with van der Waals surface area (Å²) < 4.78 is 47.0. The van der Waals surface area contributed by atoms with Gasteiger partial charge in [0.2, 0.25) is 0 Å². The summed E-state index contributed by atoms with van der Waals surface area (Å²) in [5, 5.41) is 13.1. The van der Waals surface area contributed by atoms with Crippen LogP contribution in [0.2, 0.25) is 0 Å². The van der Waals surface area contributed by atoms with Crippen LogP contribution in [0.25, 0.3) is 10.9 Å². The van der Waals surface area contributed by atoms with Gasteiger partial charge in [0, 0.05) is 22.0 Å². The van der Waals surface area contributed by atoms with Crippen molar-refractivity contribution in [2.75, 3.05) is 44.4 Å². The summed E-state index contributed by atoms with van der Waals surface area (Å²) in [6.45, 7) is 1.12. The van der Waals surface area contributed by atoms with Crippen molar-refractivity contribution < 1.29 is 17.9 Å². The Labute approximate surface area is 213 Å². The summed E-state index contributed by atoms with van der Waals surface area (Å²) in [6, 6.07) is 13.0. The second-order valence-electron chi connectivity index (χ2n) is 8.83. The van der Waals surface area contributed by atoms with E-state index in [-0.39, 0.29) is 12.6 Å². The smallest absolute Gasteiger partial charge is 0.406 e. The minimum atomic E-state index is -4.37. The quantitative estimate of drug-likeness (QED) is 0.298. The van der Waals surface area contributed by atoms with Gasteiger partial charge < -0.3 is 24.8 Å². The first kappa shape index (κ1) is 26.1. The van der Waals surface area contributed by atoms with Crippen LogP contribution in [0.1, 0.15) is 18.5 Å². The van der Waals surface area contributed by atoms with Crippen LogP contribution in [0.15, 0.2) is 47.4 Å². The van der Waals surface area contributed by atoms with Crippen molar-refractivity contribution in [1.82, 2.24) is 9.47 Å². The van der Waals surface area contributed by atoms with Crippen LogP contribution in [0.5, 0.6) is 5.75 Å². The average molecular weight is 518 g/mol. The minimum Gasteiger partial charge on any atom is -0.495 e. The second-order valence-corrected chi connectivity index (χ2v) is 9.53. The molecule has 6 nitrogen and oxygen atoms in total. The van der Waals surface area contributed by atoms with E-state index in [0.717, 1.165) is 59.5 Å². The molecule has 4 N–H and O–H groups in total. The Morgan fingerprint density at radius 3 is 2.61 bits per heavy atom. The van der Waals surface area contributed by atoms with E-state index < -0.39 is 12.7 Å². The third kappa shape index (κ3) is 6.40. The average Bonchev–Trinajstić information content (AvgIpc) is 3.20. The van der Waals surface area contributed by atoms with E-state index >= 15 is 0 Å². The third-order valence-electron chi connectivity index (χ3n) is 6.25. The number of hydrogen-bond donors (Lipinski definition) is 3. The van der Waals surface area contributed by atoms with Crippen molar-refractivity contribution >= 4 is 34.2 Å². The molecule has 0 bridgehead atoms. The standard InChI is InChI=1S/C26H30F3N5OS/c1-33-13-10-18(11-14-33)32-22-6-3-7-24-21(22)15-19(34(24)17-26(27,28)29)5-4-12-31-23-9-8-20(36-30)16-25(23)35-2/h3,6-9,15-16,18,31-32H,10-14,17,30H2,1-2H3. The fourth-order valence-corrected chi connectivity index (χ4v) is 4.72. The number of methoxy groups -OCH3 is 1. The normalized spacial score (nSPS) is 14.9. The van der Waals surface area contributed by atoms with Crippen LogP contribution in [0.4, 0.5) is 24.5 Å². The predicted octanol–water partition coefficient (Wildman–Crippen LogP) is 5.15. The van der Waals surface area contributed by atoms with Crippen molar-refractivity contribution in [2.45, 2.75) is 36.5 Å². The van der Waals surface area contributed by atoms with E-state index in [1.807, 2.05) is 18.2 Å². The maximum absolute atomic E-state index is 13.5. The van der Waals surface area contributed by atoms with Gasteiger partial charge >= 0.3 is 6.18 Å². The fourth-order valence-electron chi connectivity index (χ4n) is 4.40. The highest BCUT2D eigenvalue weighted by atomic mass is 32.2. The Morgan fingerprint density at radius 2 is 1.92 bits per heavy atom. The van der Waals surface area contributed by atoms with Gasteiger partial charge in [0.05, 0.1) is 30.6 Å². The SMILES string of the molecule is COc1cc(SN)ccc1NCC#Cc1cc2c(NC3CCN(C)CC3)cccc2n1CC(F)(F)F. The number of likely N-dealkylation sites (tertiary alicyclic amines) is 1. The molecule has 36 heavy (non-hydrogen) atoms. The lowest BCUT2D eigenvalue weighted by Crippen LogP contribution is -2.36. The molecule has 1 fully saturated rings. The number of nitrogens with zero attached hydrogens (tertiary/aromatic N) is 2. The molecule has 0 aliphatic carbocycles. The summed E-state index contributed by atoms with van der Waals surface area (Å²) in [5.74, 6) is 6.52. The number of halogens is 3. The molecule has 0 radical (unpaired) electrons. The van der Waals surface area contributed by atoms with Crippen molar-refractivity contribution in [1.29, 1.82) is 0 Å². The van der Waals surface area contributed by atoms with Crippen molar-refractivity contribution in [3.63, 3.8) is 0 Å². The van der Waals surface area contributed by atoms with Gasteiger partial charge in [-0.2, -0.15) is 13.2 Å². The van der Waals surface area contributed by atoms with Gasteiger partial charge in [0.15, 0.2) is 0 Å². The van der Waals surface area contributed by atoms with Crippen molar-refractivity contribution in [3.05, 3.63) is 48.2 Å². The predicted molar refractivity (Wildman–Crippen MR) is 141 cm³/mol. The van der Waals surface area contributed by atoms with E-state index in [0.29, 0.717) is 17.0 Å². The molecule has 0 amide bonds. The number of fused-ring (bicyclic) bond motifs is 1. The van der Waals surface area contributed by atoms with Gasteiger partial charge in [0.1, 0.15) is 12.3 Å². The number of nitrogens with two attached hydrogens (primary N) is 1. The van der Waals surface area contributed by atoms with E-state index in [9.17, 15) is 13.2 Å². The highest BCUT2D eigenvalue weighted by Gasteiger charge is 2.30. The lowest BCUT2D eigenvalue weighted by molar-refractivity contribution is -0.140. The van der Waals surface area contributed by atoms with Crippen LogP contribution in [0.3, 0.4) is 0 Å². The number of benzene rings is 2. The molecule has 0 unspecified atom stereocenters. The molecule has 1 saturated heterocycles. The summed E-state index contributed by atoms with van der Waals surface area (Å²) >= 11 is 1.11. The molecule has 1 aromatic heterocycles. The molecule has 4 rings (SSSR count). The Hall–Kier alpha value is -3.00. The number of rotatable bonds is 7. The number of nitrogens with one attached hydrogen (secondary N) is 2. The Balaban J connectivity index is 1.59. The molecular weight excluding hydrogens is 487 g/mol. The summed E-state index contributed by atoms with van der Waals surface area (Å²) in [4.78, 5) is 3.13. The van der Waals surface area contributed by atoms with E-state index in [1.54, 1.807) is 31.4 Å². The number of piperidine rings is 1. The second kappa shape index (κ2) is 11.4. The Bertz CT molecular complexity index is 1260. The first-order valence-electron chi connectivity index (χ1n) is 11.7. The number of hydrogen-bond acceptors (Lipinski definition) is 6. The summed E-state index contributed by atoms with van der Waals surface area (Å²) in [6.07, 6.45) is -2.39. The van der Waals surface area contributed by atoms with Crippen LogP contribution >= 0.6 is 11.9 Å². The van der Waals surface area contributed by atoms with E-state index in [1.165, 1.54) is 4.57 Å². The molecule has 10 heteroatoms. The zero-order valence-electron chi connectivity index (χ0n) is 20.3. The maximum atomic E-state index is 13.5. The number of ether oxygens (including phenoxy) is 1. The van der Waals surface area contributed by atoms with Crippen molar-refractivity contribution in [3.8, 4) is 17.6 Å². The van der Waals surface area contributed by atoms with Gasteiger partial charge in [-0.1, -0.05) is 12.0 Å². The van der Waals surface area contributed by atoms with Gasteiger partial charge in [-0.05, 0) is 87.2 Å². The van der Waals surface area contributed by atoms with Gasteiger partial charge in [-0.15, -0.1) is 0 Å². The first-order chi connectivity index (χ1) is 17.3. The molecular formula is C26H30F3N5OS. The maximum Gasteiger partial charge on any atom is 0.406 e. The van der Waals surface area contributed by atoms with E-state index in [4.69, 9.17) is 9.88 Å². The van der Waals surface area contributed by atoms with Crippen LogP contribution in [0, 0.1) is 11.8 Å². The molecule has 2 aromatic carbocycles. The van der Waals surface area contributed by atoms with Gasteiger partial charge in [-0.3, -0.25) is 5.14 Å². The van der Waals surface area contributed by atoms with Crippen molar-refractivity contribution in [2.24, 2.45) is 5.14 Å². The van der Waals surface area contributed by atoms with Crippen LogP contribution < -0.4 is 20.5 Å². The van der Waals surface area contributed by atoms with E-state index in [2.05, 4.69) is 34.4 Å². The molecule has 0 spiro atoms. The lowest BCUT2D eigenvalue weighted by atomic mass is 10.0. The lowest BCUT2D eigenvalue weighted by Gasteiger charge is -2.30. The largest absolute Gasteiger partial charge is 0.495 e. The summed E-state index contributed by atoms with van der Waals surface area (Å²) in [7, 11) is 3.66. The van der Waals surface area contributed by atoms with Crippen LogP contribution in [-0.4, -0.2) is 55.5 Å². The highest BCUT2D eigenvalue weighted by Crippen LogP contribution is 2.31. The van der Waals surface area contributed by atoms with Gasteiger partial charge in [-0.25, -0.2) is 0 Å². The third-order valence-corrected chi connectivity index (χ3v) is 6.78. The highest BCUT2D eigenvalue weighted by molar-refractivity contribution is 7.97. The monoisotopic (exact) mass is 517 g/mol. The van der Waals surface area contributed by atoms with Crippen LogP contribution in [-0.2, 0) is 6.54 Å². The molecule has 1 aliphatic rings. The minimum absolute atomic E-state index is 0.236. The zero-order chi connectivity index (χ0) is 25.7. The Kier molecular flexibility index (Phi) is 8.24. The Morgan fingerprint density at radius 1 is 1.14 bits per heavy atom. The molecule has 3 aromatic rings. The molecule has 192 valence electrons. The molecule has 0 saturated carbocycles. The number of anilines is 2. The fraction of sp³-hybridized carbons (Fsp3) is 0.385. The topological polar surface area (TPSA) is 67.5 Å². The first-order valence-corrected chi connectivity index (χ1v) is 12.6. The molecule has 1 aliphatic heterocycles. The molecule has 0 atom stereocenters. The zero-order valence-corrected chi connectivity index (χ0v) is 21.1. The summed E-state index contributed by atoms with van der Waals surface area (Å²) in [5.41, 5.74) is 2.40.